The third kappa shape index (κ3) is 2.56. The van der Waals surface area contributed by atoms with Crippen LogP contribution in [-0.4, -0.2) is 13.2 Å². The van der Waals surface area contributed by atoms with Crippen LogP contribution in [0.25, 0.3) is 0 Å². The summed E-state index contributed by atoms with van der Waals surface area (Å²) in [6, 6.07) is 9.20. The molecule has 1 aromatic rings. The van der Waals surface area contributed by atoms with Crippen LogP contribution in [0, 0.1) is 5.92 Å². The molecule has 0 heterocycles. The summed E-state index contributed by atoms with van der Waals surface area (Å²) < 4.78 is 5.38. The fourth-order valence-electron chi connectivity index (χ4n) is 2.24. The Morgan fingerprint density at radius 1 is 1.25 bits per heavy atom. The number of hydrogen-bond acceptors (Lipinski definition) is 2. The molecule has 1 aromatic carbocycles. The smallest absolute Gasteiger partial charge is 0.123 e. The van der Waals surface area contributed by atoms with Gasteiger partial charge in [0.15, 0.2) is 0 Å². The van der Waals surface area contributed by atoms with Gasteiger partial charge in [-0.25, -0.2) is 0 Å². The molecule has 16 heavy (non-hydrogen) atoms. The Labute approximate surface area is 98.0 Å². The van der Waals surface area contributed by atoms with E-state index in [-0.39, 0.29) is 0 Å². The third-order valence-corrected chi connectivity index (χ3v) is 3.45. The highest BCUT2D eigenvalue weighted by Crippen LogP contribution is 2.34. The Morgan fingerprint density at radius 2 is 1.94 bits per heavy atom. The summed E-state index contributed by atoms with van der Waals surface area (Å²) >= 11 is 0. The molecule has 0 saturated heterocycles. The SMILES string of the molecule is COc1ccccc1[C@H](C)NC(C)C1CC1. The molecular formula is C14H21NO. The molecular weight excluding hydrogens is 198 g/mol. The second-order valence-electron chi connectivity index (χ2n) is 4.76. The van der Waals surface area contributed by atoms with Crippen molar-refractivity contribution in [2.45, 2.75) is 38.8 Å². The molecule has 0 amide bonds. The van der Waals surface area contributed by atoms with Crippen molar-refractivity contribution in [1.29, 1.82) is 0 Å². The van der Waals surface area contributed by atoms with E-state index in [1.54, 1.807) is 7.11 Å². The number of hydrogen-bond donors (Lipinski definition) is 1. The summed E-state index contributed by atoms with van der Waals surface area (Å²) in [5.74, 6) is 1.86. The standard InChI is InChI=1S/C14H21NO/c1-10(12-8-9-12)15-11(2)13-6-4-5-7-14(13)16-3/h4-7,10-12,15H,8-9H2,1-3H3/t10?,11-/m0/s1. The molecule has 1 aliphatic carbocycles. The van der Waals surface area contributed by atoms with Gasteiger partial charge in [0, 0.05) is 17.6 Å². The van der Waals surface area contributed by atoms with Crippen LogP contribution in [0.3, 0.4) is 0 Å². The normalized spacial score (nSPS) is 19.2. The number of benzene rings is 1. The van der Waals surface area contributed by atoms with Crippen LogP contribution >= 0.6 is 0 Å². The highest BCUT2D eigenvalue weighted by molar-refractivity contribution is 5.35. The van der Waals surface area contributed by atoms with Crippen LogP contribution in [0.4, 0.5) is 0 Å². The van der Waals surface area contributed by atoms with E-state index in [9.17, 15) is 0 Å². The number of para-hydroxylation sites is 1. The molecule has 2 atom stereocenters. The number of ether oxygens (including phenoxy) is 1. The van der Waals surface area contributed by atoms with Crippen molar-refractivity contribution in [3.05, 3.63) is 29.8 Å². The molecule has 2 rings (SSSR count). The Hall–Kier alpha value is -1.02. The van der Waals surface area contributed by atoms with Gasteiger partial charge in [-0.1, -0.05) is 18.2 Å². The van der Waals surface area contributed by atoms with Crippen LogP contribution in [0.1, 0.15) is 38.3 Å². The fraction of sp³-hybridized carbons (Fsp3) is 0.571. The summed E-state index contributed by atoms with van der Waals surface area (Å²) in [5.41, 5.74) is 1.25. The third-order valence-electron chi connectivity index (χ3n) is 3.45. The summed E-state index contributed by atoms with van der Waals surface area (Å²) in [5, 5.41) is 3.65. The van der Waals surface area contributed by atoms with Crippen molar-refractivity contribution in [2.75, 3.05) is 7.11 Å². The lowest BCUT2D eigenvalue weighted by atomic mass is 10.1. The molecule has 0 bridgehead atoms. The van der Waals surface area contributed by atoms with E-state index in [0.717, 1.165) is 11.7 Å². The zero-order valence-electron chi connectivity index (χ0n) is 10.4. The fourth-order valence-corrected chi connectivity index (χ4v) is 2.24. The van der Waals surface area contributed by atoms with Crippen LogP contribution in [0.5, 0.6) is 5.75 Å². The molecule has 88 valence electrons. The first-order valence-corrected chi connectivity index (χ1v) is 6.11. The van der Waals surface area contributed by atoms with Gasteiger partial charge in [-0.05, 0) is 38.7 Å². The second-order valence-corrected chi connectivity index (χ2v) is 4.76. The average Bonchev–Trinajstić information content (AvgIpc) is 3.12. The topological polar surface area (TPSA) is 21.3 Å². The van der Waals surface area contributed by atoms with Gasteiger partial charge in [0.1, 0.15) is 5.75 Å². The highest BCUT2D eigenvalue weighted by Gasteiger charge is 2.29. The first-order chi connectivity index (χ1) is 7.72. The number of methoxy groups -OCH3 is 1. The van der Waals surface area contributed by atoms with Crippen molar-refractivity contribution in [3.8, 4) is 5.75 Å². The van der Waals surface area contributed by atoms with E-state index >= 15 is 0 Å². The molecule has 1 N–H and O–H groups in total. The summed E-state index contributed by atoms with van der Waals surface area (Å²) in [6.07, 6.45) is 2.76. The minimum absolute atomic E-state index is 0.353. The van der Waals surface area contributed by atoms with Crippen molar-refractivity contribution in [1.82, 2.24) is 5.32 Å². The summed E-state index contributed by atoms with van der Waals surface area (Å²) in [7, 11) is 1.73. The van der Waals surface area contributed by atoms with E-state index in [1.165, 1.54) is 18.4 Å². The maximum Gasteiger partial charge on any atom is 0.123 e. The molecule has 2 nitrogen and oxygen atoms in total. The van der Waals surface area contributed by atoms with E-state index in [4.69, 9.17) is 4.74 Å². The van der Waals surface area contributed by atoms with Gasteiger partial charge >= 0.3 is 0 Å². The van der Waals surface area contributed by atoms with Gasteiger partial charge in [0.2, 0.25) is 0 Å². The predicted octanol–water partition coefficient (Wildman–Crippen LogP) is 3.14. The van der Waals surface area contributed by atoms with E-state index in [2.05, 4.69) is 31.3 Å². The maximum absolute atomic E-state index is 5.38. The van der Waals surface area contributed by atoms with Crippen LogP contribution in [0.15, 0.2) is 24.3 Å². The lowest BCUT2D eigenvalue weighted by Crippen LogP contribution is -2.30. The van der Waals surface area contributed by atoms with Gasteiger partial charge in [-0.3, -0.25) is 0 Å². The molecule has 0 aromatic heterocycles. The molecule has 0 spiro atoms. The van der Waals surface area contributed by atoms with Crippen molar-refractivity contribution >= 4 is 0 Å². The lowest BCUT2D eigenvalue weighted by molar-refractivity contribution is 0.389. The van der Waals surface area contributed by atoms with Gasteiger partial charge in [0.25, 0.3) is 0 Å². The molecule has 1 unspecified atom stereocenters. The van der Waals surface area contributed by atoms with Gasteiger partial charge in [-0.15, -0.1) is 0 Å². The zero-order chi connectivity index (χ0) is 11.5. The van der Waals surface area contributed by atoms with Gasteiger partial charge in [-0.2, -0.15) is 0 Å². The van der Waals surface area contributed by atoms with Gasteiger partial charge < -0.3 is 10.1 Å². The molecule has 1 aliphatic rings. The Bertz CT molecular complexity index is 346. The minimum Gasteiger partial charge on any atom is -0.496 e. The molecule has 0 radical (unpaired) electrons. The Kier molecular flexibility index (Phi) is 3.49. The maximum atomic E-state index is 5.38. The largest absolute Gasteiger partial charge is 0.496 e. The predicted molar refractivity (Wildman–Crippen MR) is 66.7 cm³/mol. The average molecular weight is 219 g/mol. The van der Waals surface area contributed by atoms with Crippen LogP contribution < -0.4 is 10.1 Å². The first kappa shape index (κ1) is 11.5. The first-order valence-electron chi connectivity index (χ1n) is 6.11. The van der Waals surface area contributed by atoms with Crippen molar-refractivity contribution < 1.29 is 4.74 Å². The van der Waals surface area contributed by atoms with Crippen molar-refractivity contribution in [3.63, 3.8) is 0 Å². The van der Waals surface area contributed by atoms with Crippen LogP contribution in [0.2, 0.25) is 0 Å². The highest BCUT2D eigenvalue weighted by atomic mass is 16.5. The molecule has 2 heteroatoms. The van der Waals surface area contributed by atoms with Crippen molar-refractivity contribution in [2.24, 2.45) is 5.92 Å². The zero-order valence-corrected chi connectivity index (χ0v) is 10.4. The Balaban J connectivity index is 2.04. The second kappa shape index (κ2) is 4.88. The number of rotatable bonds is 5. The monoisotopic (exact) mass is 219 g/mol. The van der Waals surface area contributed by atoms with E-state index in [1.807, 2.05) is 12.1 Å². The quantitative estimate of drug-likeness (QED) is 0.821. The summed E-state index contributed by atoms with van der Waals surface area (Å²) in [6.45, 7) is 4.49. The van der Waals surface area contributed by atoms with Crippen LogP contribution in [-0.2, 0) is 0 Å². The van der Waals surface area contributed by atoms with E-state index < -0.39 is 0 Å². The Morgan fingerprint density at radius 3 is 2.56 bits per heavy atom. The summed E-state index contributed by atoms with van der Waals surface area (Å²) in [4.78, 5) is 0. The molecule has 0 aliphatic heterocycles. The minimum atomic E-state index is 0.353. The van der Waals surface area contributed by atoms with E-state index in [0.29, 0.717) is 12.1 Å². The van der Waals surface area contributed by atoms with Gasteiger partial charge in [0.05, 0.1) is 7.11 Å². The molecule has 1 fully saturated rings. The molecule has 1 saturated carbocycles. The number of nitrogens with one attached hydrogen (secondary N) is 1. The lowest BCUT2D eigenvalue weighted by Gasteiger charge is -2.21.